The predicted octanol–water partition coefficient (Wildman–Crippen LogP) is 2.03. The molecule has 1 aliphatic heterocycles. The van der Waals surface area contributed by atoms with Crippen molar-refractivity contribution < 1.29 is 18.7 Å². The molecule has 0 aromatic heterocycles. The van der Waals surface area contributed by atoms with Gasteiger partial charge in [0.2, 0.25) is 0 Å². The lowest BCUT2D eigenvalue weighted by Gasteiger charge is -2.38. The Labute approximate surface area is 101 Å². The van der Waals surface area contributed by atoms with Crippen molar-refractivity contribution in [3.63, 3.8) is 0 Å². The van der Waals surface area contributed by atoms with Crippen LogP contribution in [0, 0.1) is 5.82 Å². The van der Waals surface area contributed by atoms with Crippen LogP contribution < -0.4 is 0 Å². The van der Waals surface area contributed by atoms with Crippen molar-refractivity contribution in [3.05, 3.63) is 34.1 Å². The molecule has 5 heteroatoms. The molecule has 0 saturated carbocycles. The molecule has 1 aromatic rings. The molecule has 0 N–H and O–H groups in total. The van der Waals surface area contributed by atoms with Gasteiger partial charge in [0.25, 0.3) is 0 Å². The quantitative estimate of drug-likeness (QED) is 0.781. The fourth-order valence-electron chi connectivity index (χ4n) is 1.70. The maximum atomic E-state index is 13.4. The molecule has 0 bridgehead atoms. The van der Waals surface area contributed by atoms with Gasteiger partial charge in [0.15, 0.2) is 0 Å². The summed E-state index contributed by atoms with van der Waals surface area (Å²) in [5, 5.41) is 0. The fourth-order valence-corrected chi connectivity index (χ4v) is 1.94. The number of methoxy groups -OCH3 is 1. The second-order valence-electron chi connectivity index (χ2n) is 3.70. The Hall–Kier alpha value is -0.940. The van der Waals surface area contributed by atoms with Crippen LogP contribution in [-0.2, 0) is 19.7 Å². The van der Waals surface area contributed by atoms with Gasteiger partial charge in [-0.15, -0.1) is 0 Å². The van der Waals surface area contributed by atoms with Crippen molar-refractivity contribution >= 4 is 21.9 Å². The van der Waals surface area contributed by atoms with E-state index in [4.69, 9.17) is 9.47 Å². The molecule has 0 spiro atoms. The van der Waals surface area contributed by atoms with E-state index in [-0.39, 0.29) is 19.2 Å². The Balaban J connectivity index is 2.41. The van der Waals surface area contributed by atoms with Gasteiger partial charge in [-0.2, -0.15) is 0 Å². The number of carbonyl (C=O) groups excluding carboxylic acids is 1. The molecule has 1 aliphatic rings. The van der Waals surface area contributed by atoms with E-state index in [1.54, 1.807) is 12.1 Å². The molecular weight excluding hydrogens is 279 g/mol. The Morgan fingerprint density at radius 3 is 2.69 bits per heavy atom. The summed E-state index contributed by atoms with van der Waals surface area (Å²) < 4.78 is 23.5. The van der Waals surface area contributed by atoms with Crippen molar-refractivity contribution in [2.45, 2.75) is 5.41 Å². The molecule has 0 aliphatic carbocycles. The first-order valence-electron chi connectivity index (χ1n) is 4.72. The highest BCUT2D eigenvalue weighted by atomic mass is 79.9. The Morgan fingerprint density at radius 1 is 1.56 bits per heavy atom. The molecule has 16 heavy (non-hydrogen) atoms. The lowest BCUT2D eigenvalue weighted by Crippen LogP contribution is -2.53. The van der Waals surface area contributed by atoms with E-state index in [0.29, 0.717) is 10.0 Å². The van der Waals surface area contributed by atoms with Crippen molar-refractivity contribution in [2.24, 2.45) is 0 Å². The normalized spacial score (nSPS) is 17.7. The van der Waals surface area contributed by atoms with Crippen LogP contribution in [0.3, 0.4) is 0 Å². The Bertz CT molecular complexity index is 429. The monoisotopic (exact) mass is 288 g/mol. The van der Waals surface area contributed by atoms with Crippen LogP contribution in [0.25, 0.3) is 0 Å². The molecule has 86 valence electrons. The van der Waals surface area contributed by atoms with Gasteiger partial charge >= 0.3 is 5.97 Å². The van der Waals surface area contributed by atoms with E-state index < -0.39 is 11.2 Å². The van der Waals surface area contributed by atoms with Crippen LogP contribution in [-0.4, -0.2) is 26.3 Å². The van der Waals surface area contributed by atoms with Crippen molar-refractivity contribution in [1.82, 2.24) is 0 Å². The molecule has 1 heterocycles. The predicted molar refractivity (Wildman–Crippen MR) is 58.6 cm³/mol. The molecular formula is C11H10BrFO3. The molecule has 0 unspecified atom stereocenters. The van der Waals surface area contributed by atoms with Gasteiger partial charge in [-0.05, 0) is 33.6 Å². The summed E-state index contributed by atoms with van der Waals surface area (Å²) in [4.78, 5) is 11.7. The van der Waals surface area contributed by atoms with E-state index in [0.717, 1.165) is 0 Å². The summed E-state index contributed by atoms with van der Waals surface area (Å²) in [7, 11) is 1.32. The maximum absolute atomic E-state index is 13.4. The topological polar surface area (TPSA) is 35.5 Å². The number of benzene rings is 1. The van der Waals surface area contributed by atoms with E-state index >= 15 is 0 Å². The van der Waals surface area contributed by atoms with Crippen LogP contribution in [0.2, 0.25) is 0 Å². The van der Waals surface area contributed by atoms with E-state index in [2.05, 4.69) is 15.9 Å². The molecule has 1 fully saturated rings. The number of carbonyl (C=O) groups is 1. The van der Waals surface area contributed by atoms with Crippen molar-refractivity contribution in [3.8, 4) is 0 Å². The summed E-state index contributed by atoms with van der Waals surface area (Å²) >= 11 is 3.07. The Kier molecular flexibility index (Phi) is 2.99. The largest absolute Gasteiger partial charge is 0.468 e. The first-order valence-corrected chi connectivity index (χ1v) is 5.51. The van der Waals surface area contributed by atoms with E-state index in [1.165, 1.54) is 13.2 Å². The molecule has 0 atom stereocenters. The fraction of sp³-hybridized carbons (Fsp3) is 0.364. The zero-order chi connectivity index (χ0) is 11.8. The first-order chi connectivity index (χ1) is 7.60. The van der Waals surface area contributed by atoms with Crippen molar-refractivity contribution in [2.75, 3.05) is 20.3 Å². The summed E-state index contributed by atoms with van der Waals surface area (Å²) in [6, 6.07) is 4.61. The second-order valence-corrected chi connectivity index (χ2v) is 4.55. The van der Waals surface area contributed by atoms with Gasteiger partial charge in [-0.25, -0.2) is 4.39 Å². The minimum absolute atomic E-state index is 0.237. The molecule has 0 amide bonds. The smallest absolute Gasteiger partial charge is 0.321 e. The van der Waals surface area contributed by atoms with Gasteiger partial charge < -0.3 is 9.47 Å². The highest BCUT2D eigenvalue weighted by molar-refractivity contribution is 9.10. The number of hydrogen-bond donors (Lipinski definition) is 0. The van der Waals surface area contributed by atoms with E-state index in [9.17, 15) is 9.18 Å². The number of esters is 1. The van der Waals surface area contributed by atoms with Gasteiger partial charge in [0.1, 0.15) is 11.2 Å². The number of hydrogen-bond acceptors (Lipinski definition) is 3. The average molecular weight is 289 g/mol. The van der Waals surface area contributed by atoms with Crippen LogP contribution in [0.1, 0.15) is 5.56 Å². The average Bonchev–Trinajstić information content (AvgIpc) is 2.21. The molecule has 1 aromatic carbocycles. The minimum atomic E-state index is -0.837. The van der Waals surface area contributed by atoms with Gasteiger partial charge in [-0.1, -0.05) is 6.07 Å². The number of rotatable bonds is 2. The molecule has 3 nitrogen and oxygen atoms in total. The minimum Gasteiger partial charge on any atom is -0.468 e. The zero-order valence-electron chi connectivity index (χ0n) is 8.63. The summed E-state index contributed by atoms with van der Waals surface area (Å²) in [6.45, 7) is 0.474. The third-order valence-corrected chi connectivity index (χ3v) is 3.39. The first kappa shape index (κ1) is 11.5. The molecule has 1 saturated heterocycles. The van der Waals surface area contributed by atoms with Crippen LogP contribution >= 0.6 is 15.9 Å². The number of halogens is 2. The summed E-state index contributed by atoms with van der Waals surface area (Å²) in [5.41, 5.74) is -0.248. The third-order valence-electron chi connectivity index (χ3n) is 2.75. The highest BCUT2D eigenvalue weighted by Gasteiger charge is 2.48. The maximum Gasteiger partial charge on any atom is 0.321 e. The molecule has 2 rings (SSSR count). The van der Waals surface area contributed by atoms with Gasteiger partial charge in [0, 0.05) is 0 Å². The van der Waals surface area contributed by atoms with E-state index in [1.807, 2.05) is 0 Å². The van der Waals surface area contributed by atoms with Gasteiger partial charge in [0.05, 0.1) is 24.8 Å². The SMILES string of the molecule is COC(=O)C1(c2ccc(Br)c(F)c2)COC1. The highest BCUT2D eigenvalue weighted by Crippen LogP contribution is 2.35. The Morgan fingerprint density at radius 2 is 2.25 bits per heavy atom. The lowest BCUT2D eigenvalue weighted by atomic mass is 9.78. The standard InChI is InChI=1S/C11H10BrFO3/c1-15-10(14)11(5-16-6-11)7-2-3-8(12)9(13)4-7/h2-4H,5-6H2,1H3. The second kappa shape index (κ2) is 4.14. The lowest BCUT2D eigenvalue weighted by molar-refractivity contribution is -0.166. The third kappa shape index (κ3) is 1.64. The van der Waals surface area contributed by atoms with Crippen LogP contribution in [0.15, 0.2) is 22.7 Å². The summed E-state index contributed by atoms with van der Waals surface area (Å²) in [6.07, 6.45) is 0. The zero-order valence-corrected chi connectivity index (χ0v) is 10.2. The molecule has 0 radical (unpaired) electrons. The van der Waals surface area contributed by atoms with Gasteiger partial charge in [-0.3, -0.25) is 4.79 Å². The summed E-state index contributed by atoms with van der Waals surface area (Å²) in [5.74, 6) is -0.784. The number of ether oxygens (including phenoxy) is 2. The van der Waals surface area contributed by atoms with Crippen LogP contribution in [0.4, 0.5) is 4.39 Å². The van der Waals surface area contributed by atoms with Crippen LogP contribution in [0.5, 0.6) is 0 Å². The van der Waals surface area contributed by atoms with Crippen molar-refractivity contribution in [1.29, 1.82) is 0 Å².